The van der Waals surface area contributed by atoms with E-state index in [4.69, 9.17) is 0 Å². The van der Waals surface area contributed by atoms with Crippen LogP contribution in [-0.4, -0.2) is 5.78 Å². The molecular formula is C5H8OTi. The van der Waals surface area contributed by atoms with Crippen LogP contribution in [0.2, 0.25) is 0 Å². The smallest absolute Gasteiger partial charge is 0.152 e. The SMILES string of the molecule is CC=CC(C)=O.[Ti]. The molecule has 0 N–H and O–H groups in total. The van der Waals surface area contributed by atoms with Crippen LogP contribution in [0.5, 0.6) is 0 Å². The van der Waals surface area contributed by atoms with Gasteiger partial charge in [0.25, 0.3) is 0 Å². The van der Waals surface area contributed by atoms with Gasteiger partial charge in [0.1, 0.15) is 0 Å². The monoisotopic (exact) mass is 132 g/mol. The molecule has 38 valence electrons. The number of rotatable bonds is 1. The predicted octanol–water partition coefficient (Wildman–Crippen LogP) is 1.15. The minimum atomic E-state index is 0. The molecule has 0 spiro atoms. The summed E-state index contributed by atoms with van der Waals surface area (Å²) < 4.78 is 0. The first kappa shape index (κ1) is 10.2. The van der Waals surface area contributed by atoms with E-state index < -0.39 is 0 Å². The summed E-state index contributed by atoms with van der Waals surface area (Å²) in [5.41, 5.74) is 0. The number of carbonyl (C=O) groups excluding carboxylic acids is 1. The topological polar surface area (TPSA) is 17.1 Å². The van der Waals surface area contributed by atoms with E-state index in [0.29, 0.717) is 0 Å². The van der Waals surface area contributed by atoms with Crippen molar-refractivity contribution in [1.82, 2.24) is 0 Å². The molecule has 0 amide bonds. The third-order valence-corrected chi connectivity index (χ3v) is 0.401. The normalized spacial score (nSPS) is 8.29. The van der Waals surface area contributed by atoms with Gasteiger partial charge in [-0.15, -0.1) is 0 Å². The number of ketones is 1. The first-order valence-corrected chi connectivity index (χ1v) is 1.90. The van der Waals surface area contributed by atoms with Crippen molar-refractivity contribution in [2.45, 2.75) is 13.8 Å². The van der Waals surface area contributed by atoms with Crippen molar-refractivity contribution >= 4 is 5.78 Å². The molecule has 0 radical (unpaired) electrons. The zero-order valence-corrected chi connectivity index (χ0v) is 6.12. The molecule has 0 aromatic carbocycles. The van der Waals surface area contributed by atoms with E-state index in [9.17, 15) is 4.79 Å². The third kappa shape index (κ3) is 10.7. The number of hydrogen-bond donors (Lipinski definition) is 0. The van der Waals surface area contributed by atoms with Gasteiger partial charge in [-0.1, -0.05) is 6.08 Å². The second kappa shape index (κ2) is 6.12. The molecule has 0 unspecified atom stereocenters. The minimum absolute atomic E-state index is 0. The third-order valence-electron chi connectivity index (χ3n) is 0.401. The van der Waals surface area contributed by atoms with E-state index >= 15 is 0 Å². The van der Waals surface area contributed by atoms with Crippen LogP contribution in [0.4, 0.5) is 0 Å². The fourth-order valence-electron chi connectivity index (χ4n) is 0.235. The van der Waals surface area contributed by atoms with E-state index in [-0.39, 0.29) is 27.5 Å². The first-order chi connectivity index (χ1) is 2.77. The molecule has 1 nitrogen and oxygen atoms in total. The van der Waals surface area contributed by atoms with E-state index in [1.54, 1.807) is 6.08 Å². The van der Waals surface area contributed by atoms with Crippen LogP contribution >= 0.6 is 0 Å². The van der Waals surface area contributed by atoms with Gasteiger partial charge < -0.3 is 0 Å². The molecule has 0 aliphatic rings. The Bertz CT molecular complexity index is 76.1. The van der Waals surface area contributed by atoms with Gasteiger partial charge >= 0.3 is 0 Å². The molecule has 0 heterocycles. The molecule has 2 heteroatoms. The summed E-state index contributed by atoms with van der Waals surface area (Å²) in [6.45, 7) is 3.35. The van der Waals surface area contributed by atoms with E-state index in [0.717, 1.165) is 0 Å². The Kier molecular flexibility index (Phi) is 8.90. The quantitative estimate of drug-likeness (QED) is 0.386. The zero-order valence-electron chi connectivity index (χ0n) is 4.56. The van der Waals surface area contributed by atoms with E-state index in [1.807, 2.05) is 6.92 Å². The summed E-state index contributed by atoms with van der Waals surface area (Å²) in [7, 11) is 0. The molecule has 7 heavy (non-hydrogen) atoms. The summed E-state index contributed by atoms with van der Waals surface area (Å²) in [5.74, 6) is 0.109. The average Bonchev–Trinajstić information content (AvgIpc) is 1.35. The van der Waals surface area contributed by atoms with Crippen LogP contribution < -0.4 is 0 Å². The Morgan fingerprint density at radius 3 is 2.00 bits per heavy atom. The molecule has 0 aliphatic carbocycles. The van der Waals surface area contributed by atoms with Crippen molar-refractivity contribution in [1.29, 1.82) is 0 Å². The van der Waals surface area contributed by atoms with Gasteiger partial charge in [-0.3, -0.25) is 4.79 Å². The molecule has 0 fully saturated rings. The van der Waals surface area contributed by atoms with Gasteiger partial charge in [-0.05, 0) is 19.9 Å². The Morgan fingerprint density at radius 2 is 2.00 bits per heavy atom. The summed E-state index contributed by atoms with van der Waals surface area (Å²) >= 11 is 0. The van der Waals surface area contributed by atoms with Crippen LogP contribution in [0, 0.1) is 0 Å². The van der Waals surface area contributed by atoms with Crippen LogP contribution in [0.1, 0.15) is 13.8 Å². The summed E-state index contributed by atoms with van der Waals surface area (Å²) in [6, 6.07) is 0. The van der Waals surface area contributed by atoms with Gasteiger partial charge in [0.15, 0.2) is 5.78 Å². The van der Waals surface area contributed by atoms with Gasteiger partial charge in [-0.25, -0.2) is 0 Å². The fourth-order valence-corrected chi connectivity index (χ4v) is 0.235. The first-order valence-electron chi connectivity index (χ1n) is 1.90. The maximum absolute atomic E-state index is 9.96. The standard InChI is InChI=1S/C5H8O.Ti/c1-3-4-5(2)6;/h3-4H,1-2H3;. The zero-order chi connectivity index (χ0) is 4.99. The summed E-state index contributed by atoms with van der Waals surface area (Å²) in [6.07, 6.45) is 3.25. The van der Waals surface area contributed by atoms with Crippen LogP contribution in [0.3, 0.4) is 0 Å². The maximum Gasteiger partial charge on any atom is 0.152 e. The Labute approximate surface area is 58.7 Å². The van der Waals surface area contributed by atoms with Crippen LogP contribution in [0.15, 0.2) is 12.2 Å². The average molecular weight is 132 g/mol. The van der Waals surface area contributed by atoms with Crippen molar-refractivity contribution in [3.05, 3.63) is 12.2 Å². The largest absolute Gasteiger partial charge is 0.295 e. The number of hydrogen-bond acceptors (Lipinski definition) is 1. The molecule has 0 aromatic heterocycles. The fraction of sp³-hybridized carbons (Fsp3) is 0.400. The van der Waals surface area contributed by atoms with Crippen LogP contribution in [0.25, 0.3) is 0 Å². The molecule has 0 saturated heterocycles. The Balaban J connectivity index is 0. The molecule has 0 saturated carbocycles. The Morgan fingerprint density at radius 1 is 1.57 bits per heavy atom. The molecule has 0 aliphatic heterocycles. The summed E-state index contributed by atoms with van der Waals surface area (Å²) in [4.78, 5) is 9.96. The molecule has 0 bridgehead atoms. The molecular weight excluding hydrogens is 124 g/mol. The van der Waals surface area contributed by atoms with Gasteiger partial charge in [0.2, 0.25) is 0 Å². The van der Waals surface area contributed by atoms with Crippen molar-refractivity contribution in [3.63, 3.8) is 0 Å². The van der Waals surface area contributed by atoms with Gasteiger partial charge in [0.05, 0.1) is 0 Å². The predicted molar refractivity (Wildman–Crippen MR) is 25.5 cm³/mol. The second-order valence-corrected chi connectivity index (χ2v) is 1.11. The van der Waals surface area contributed by atoms with Crippen molar-refractivity contribution in [3.8, 4) is 0 Å². The molecule has 0 atom stereocenters. The number of carbonyl (C=O) groups is 1. The molecule has 0 rings (SSSR count). The van der Waals surface area contributed by atoms with E-state index in [2.05, 4.69) is 0 Å². The summed E-state index contributed by atoms with van der Waals surface area (Å²) in [5, 5.41) is 0. The van der Waals surface area contributed by atoms with Crippen molar-refractivity contribution < 1.29 is 26.5 Å². The second-order valence-electron chi connectivity index (χ2n) is 1.11. The van der Waals surface area contributed by atoms with Gasteiger partial charge in [0, 0.05) is 21.7 Å². The van der Waals surface area contributed by atoms with Crippen molar-refractivity contribution in [2.24, 2.45) is 0 Å². The van der Waals surface area contributed by atoms with Crippen LogP contribution in [-0.2, 0) is 26.5 Å². The minimum Gasteiger partial charge on any atom is -0.295 e. The van der Waals surface area contributed by atoms with Crippen molar-refractivity contribution in [2.75, 3.05) is 0 Å². The maximum atomic E-state index is 9.96. The molecule has 0 aromatic rings. The number of allylic oxidation sites excluding steroid dienone is 2. The Hall–Kier alpha value is 0.124. The van der Waals surface area contributed by atoms with Gasteiger partial charge in [-0.2, -0.15) is 0 Å². The van der Waals surface area contributed by atoms with E-state index in [1.165, 1.54) is 13.0 Å².